The van der Waals surface area contributed by atoms with Crippen LogP contribution in [0.2, 0.25) is 0 Å². The number of hydrogen-bond acceptors (Lipinski definition) is 3. The molecule has 0 saturated heterocycles. The summed E-state index contributed by atoms with van der Waals surface area (Å²) >= 11 is 0. The van der Waals surface area contributed by atoms with Crippen molar-refractivity contribution in [3.63, 3.8) is 0 Å². The second-order valence-electron chi connectivity index (χ2n) is 5.24. The second kappa shape index (κ2) is 8.72. The fourth-order valence-corrected chi connectivity index (χ4v) is 2.16. The van der Waals surface area contributed by atoms with Crippen molar-refractivity contribution in [1.82, 2.24) is 5.32 Å². The average molecular weight is 326 g/mol. The molecule has 0 fully saturated rings. The van der Waals surface area contributed by atoms with Gasteiger partial charge in [-0.05, 0) is 49.7 Å². The molecule has 0 aliphatic heterocycles. The SMILES string of the molecule is CCCOc1ccccc1C(=O)Nc1ccc(C(=O)NCC)cc1. The summed E-state index contributed by atoms with van der Waals surface area (Å²) in [5, 5.41) is 5.55. The molecule has 2 amide bonds. The highest BCUT2D eigenvalue weighted by Gasteiger charge is 2.12. The summed E-state index contributed by atoms with van der Waals surface area (Å²) in [6, 6.07) is 13.9. The van der Waals surface area contributed by atoms with Gasteiger partial charge in [-0.25, -0.2) is 0 Å². The molecule has 0 bridgehead atoms. The third-order valence-electron chi connectivity index (χ3n) is 3.34. The maximum Gasteiger partial charge on any atom is 0.259 e. The normalized spacial score (nSPS) is 10.1. The van der Waals surface area contributed by atoms with Crippen molar-refractivity contribution in [2.45, 2.75) is 20.3 Å². The van der Waals surface area contributed by atoms with Crippen LogP contribution in [0.15, 0.2) is 48.5 Å². The monoisotopic (exact) mass is 326 g/mol. The Hall–Kier alpha value is -2.82. The first-order valence-electron chi connectivity index (χ1n) is 8.07. The number of rotatable bonds is 7. The summed E-state index contributed by atoms with van der Waals surface area (Å²) in [7, 11) is 0. The highest BCUT2D eigenvalue weighted by atomic mass is 16.5. The minimum absolute atomic E-state index is 0.131. The number of nitrogens with one attached hydrogen (secondary N) is 2. The molecule has 126 valence electrons. The molecule has 0 unspecified atom stereocenters. The van der Waals surface area contributed by atoms with Crippen molar-refractivity contribution in [3.8, 4) is 5.75 Å². The summed E-state index contributed by atoms with van der Waals surface area (Å²) in [5.74, 6) is 0.192. The summed E-state index contributed by atoms with van der Waals surface area (Å²) in [6.45, 7) is 5.01. The van der Waals surface area contributed by atoms with E-state index in [4.69, 9.17) is 4.74 Å². The van der Waals surface area contributed by atoms with Crippen LogP contribution in [0.4, 0.5) is 5.69 Å². The number of benzene rings is 2. The van der Waals surface area contributed by atoms with Gasteiger partial charge in [0.2, 0.25) is 0 Å². The molecule has 24 heavy (non-hydrogen) atoms. The van der Waals surface area contributed by atoms with Gasteiger partial charge in [0.25, 0.3) is 11.8 Å². The smallest absolute Gasteiger partial charge is 0.259 e. The van der Waals surface area contributed by atoms with Crippen LogP contribution in [-0.4, -0.2) is 25.0 Å². The van der Waals surface area contributed by atoms with Crippen molar-refractivity contribution >= 4 is 17.5 Å². The summed E-state index contributed by atoms with van der Waals surface area (Å²) in [4.78, 5) is 24.2. The van der Waals surface area contributed by atoms with Crippen LogP contribution < -0.4 is 15.4 Å². The third-order valence-corrected chi connectivity index (χ3v) is 3.34. The standard InChI is InChI=1S/C19H22N2O3/c1-3-13-24-17-8-6-5-7-16(17)19(23)21-15-11-9-14(10-12-15)18(22)20-4-2/h5-12H,3-4,13H2,1-2H3,(H,20,22)(H,21,23). The zero-order valence-corrected chi connectivity index (χ0v) is 14.0. The lowest BCUT2D eigenvalue weighted by Crippen LogP contribution is -2.22. The first-order chi connectivity index (χ1) is 11.7. The number of carbonyl (C=O) groups is 2. The van der Waals surface area contributed by atoms with Crippen molar-refractivity contribution < 1.29 is 14.3 Å². The van der Waals surface area contributed by atoms with Gasteiger partial charge in [-0.15, -0.1) is 0 Å². The molecule has 0 spiro atoms. The molecule has 5 nitrogen and oxygen atoms in total. The molecular weight excluding hydrogens is 304 g/mol. The first-order valence-corrected chi connectivity index (χ1v) is 8.07. The predicted molar refractivity (Wildman–Crippen MR) is 94.6 cm³/mol. The van der Waals surface area contributed by atoms with Crippen molar-refractivity contribution in [3.05, 3.63) is 59.7 Å². The van der Waals surface area contributed by atoms with E-state index in [0.29, 0.717) is 35.7 Å². The van der Waals surface area contributed by atoms with E-state index in [2.05, 4.69) is 10.6 Å². The van der Waals surface area contributed by atoms with Gasteiger partial charge >= 0.3 is 0 Å². The van der Waals surface area contributed by atoms with Crippen LogP contribution in [0.25, 0.3) is 0 Å². The minimum Gasteiger partial charge on any atom is -0.493 e. The zero-order chi connectivity index (χ0) is 17.4. The Labute approximate surface area is 142 Å². The number of carbonyl (C=O) groups excluding carboxylic acids is 2. The highest BCUT2D eigenvalue weighted by molar-refractivity contribution is 6.06. The summed E-state index contributed by atoms with van der Waals surface area (Å²) in [5.41, 5.74) is 1.67. The number of amides is 2. The molecule has 0 aliphatic rings. The molecule has 2 rings (SSSR count). The van der Waals surface area contributed by atoms with Gasteiger partial charge in [0.15, 0.2) is 0 Å². The molecule has 2 aromatic rings. The second-order valence-corrected chi connectivity index (χ2v) is 5.24. The Balaban J connectivity index is 2.08. The largest absolute Gasteiger partial charge is 0.493 e. The van der Waals surface area contributed by atoms with Crippen molar-refractivity contribution in [2.75, 3.05) is 18.5 Å². The quantitative estimate of drug-likeness (QED) is 0.818. The lowest BCUT2D eigenvalue weighted by atomic mass is 10.1. The van der Waals surface area contributed by atoms with Gasteiger partial charge in [-0.1, -0.05) is 19.1 Å². The Kier molecular flexibility index (Phi) is 6.37. The van der Waals surface area contributed by atoms with Gasteiger partial charge in [0.05, 0.1) is 12.2 Å². The van der Waals surface area contributed by atoms with Gasteiger partial charge < -0.3 is 15.4 Å². The van der Waals surface area contributed by atoms with Crippen LogP contribution in [0.3, 0.4) is 0 Å². The number of hydrogen-bond donors (Lipinski definition) is 2. The van der Waals surface area contributed by atoms with Crippen molar-refractivity contribution in [1.29, 1.82) is 0 Å². The molecule has 5 heteroatoms. The summed E-state index contributed by atoms with van der Waals surface area (Å²) < 4.78 is 5.61. The minimum atomic E-state index is -0.243. The first kappa shape index (κ1) is 17.5. The molecule has 0 radical (unpaired) electrons. The number of anilines is 1. The van der Waals surface area contributed by atoms with E-state index in [0.717, 1.165) is 6.42 Å². The van der Waals surface area contributed by atoms with E-state index >= 15 is 0 Å². The summed E-state index contributed by atoms with van der Waals surface area (Å²) in [6.07, 6.45) is 0.872. The lowest BCUT2D eigenvalue weighted by molar-refractivity contribution is 0.0955. The molecule has 0 aromatic heterocycles. The number of para-hydroxylation sites is 1. The lowest BCUT2D eigenvalue weighted by Gasteiger charge is -2.11. The van der Waals surface area contributed by atoms with Crippen LogP contribution >= 0.6 is 0 Å². The molecule has 0 atom stereocenters. The molecule has 0 saturated carbocycles. The fraction of sp³-hybridized carbons (Fsp3) is 0.263. The van der Waals surface area contributed by atoms with E-state index in [1.54, 1.807) is 42.5 Å². The van der Waals surface area contributed by atoms with E-state index in [1.807, 2.05) is 19.9 Å². The topological polar surface area (TPSA) is 67.4 Å². The van der Waals surface area contributed by atoms with Crippen molar-refractivity contribution in [2.24, 2.45) is 0 Å². The maximum absolute atomic E-state index is 12.4. The van der Waals surface area contributed by atoms with E-state index < -0.39 is 0 Å². The van der Waals surface area contributed by atoms with E-state index in [-0.39, 0.29) is 11.8 Å². The third kappa shape index (κ3) is 4.59. The Morgan fingerprint density at radius 3 is 2.33 bits per heavy atom. The van der Waals surface area contributed by atoms with Crippen LogP contribution in [0.5, 0.6) is 5.75 Å². The van der Waals surface area contributed by atoms with Crippen LogP contribution in [0, 0.1) is 0 Å². The molecule has 0 heterocycles. The van der Waals surface area contributed by atoms with Crippen LogP contribution in [0.1, 0.15) is 41.0 Å². The van der Waals surface area contributed by atoms with E-state index in [1.165, 1.54) is 0 Å². The highest BCUT2D eigenvalue weighted by Crippen LogP contribution is 2.20. The maximum atomic E-state index is 12.4. The molecular formula is C19H22N2O3. The molecule has 2 N–H and O–H groups in total. The van der Waals surface area contributed by atoms with Crippen LogP contribution in [-0.2, 0) is 0 Å². The predicted octanol–water partition coefficient (Wildman–Crippen LogP) is 3.48. The Morgan fingerprint density at radius 2 is 1.67 bits per heavy atom. The van der Waals surface area contributed by atoms with Gasteiger partial charge in [-0.2, -0.15) is 0 Å². The van der Waals surface area contributed by atoms with Gasteiger partial charge in [-0.3, -0.25) is 9.59 Å². The van der Waals surface area contributed by atoms with Gasteiger partial charge in [0, 0.05) is 17.8 Å². The zero-order valence-electron chi connectivity index (χ0n) is 14.0. The molecule has 0 aliphatic carbocycles. The number of ether oxygens (including phenoxy) is 1. The fourth-order valence-electron chi connectivity index (χ4n) is 2.16. The van der Waals surface area contributed by atoms with Gasteiger partial charge in [0.1, 0.15) is 5.75 Å². The Morgan fingerprint density at radius 1 is 0.958 bits per heavy atom. The molecule has 2 aromatic carbocycles. The average Bonchev–Trinajstić information content (AvgIpc) is 2.61. The van der Waals surface area contributed by atoms with E-state index in [9.17, 15) is 9.59 Å². The Bertz CT molecular complexity index is 696.